The monoisotopic (exact) mass is 354 g/mol. The fraction of sp³-hybridized carbons (Fsp3) is 0.300. The lowest BCUT2D eigenvalue weighted by molar-refractivity contribution is -0.269. The molecule has 26 heavy (non-hydrogen) atoms. The van der Waals surface area contributed by atoms with E-state index in [9.17, 15) is 10.2 Å². The third-order valence-electron chi connectivity index (χ3n) is 3.95. The first kappa shape index (κ1) is 19.3. The number of rotatable bonds is 7. The molecule has 2 aromatic rings. The molecule has 6 heteroatoms. The molecule has 0 aromatic heterocycles. The lowest BCUT2D eigenvalue weighted by Crippen LogP contribution is -2.06. The highest BCUT2D eigenvalue weighted by Crippen LogP contribution is 2.22. The molecule has 0 bridgehead atoms. The molecular formula is C20H22N2O4-2. The normalized spacial score (nSPS) is 12.2. The largest absolute Gasteiger partial charge is 0.872 e. The van der Waals surface area contributed by atoms with E-state index in [2.05, 4.69) is 9.98 Å². The third kappa shape index (κ3) is 4.75. The quantitative estimate of drug-likeness (QED) is 0.563. The summed E-state index contributed by atoms with van der Waals surface area (Å²) in [6, 6.07) is 9.54. The van der Waals surface area contributed by atoms with Gasteiger partial charge in [0.15, 0.2) is 0 Å². The van der Waals surface area contributed by atoms with Crippen molar-refractivity contribution in [3.05, 3.63) is 47.5 Å². The Kier molecular flexibility index (Phi) is 6.60. The zero-order chi connectivity index (χ0) is 19.1. The van der Waals surface area contributed by atoms with Gasteiger partial charge in [-0.15, -0.1) is 0 Å². The second kappa shape index (κ2) is 8.89. The van der Waals surface area contributed by atoms with Crippen molar-refractivity contribution >= 4 is 11.4 Å². The first-order valence-corrected chi connectivity index (χ1v) is 8.19. The summed E-state index contributed by atoms with van der Waals surface area (Å²) in [5.74, 6) is 1.03. The average molecular weight is 354 g/mol. The van der Waals surface area contributed by atoms with E-state index in [1.807, 2.05) is 0 Å². The van der Waals surface area contributed by atoms with Gasteiger partial charge in [-0.2, -0.15) is 0 Å². The Bertz CT molecular complexity index is 759. The molecule has 6 nitrogen and oxygen atoms in total. The minimum atomic E-state index is -0.0980. The number of nitrogens with zero attached hydrogens (tertiary/aromatic N) is 2. The van der Waals surface area contributed by atoms with Gasteiger partial charge >= 0.3 is 0 Å². The third-order valence-corrected chi connectivity index (χ3v) is 3.95. The van der Waals surface area contributed by atoms with Crippen molar-refractivity contribution in [1.29, 1.82) is 0 Å². The van der Waals surface area contributed by atoms with Gasteiger partial charge in [-0.3, -0.25) is 9.98 Å². The van der Waals surface area contributed by atoms with Crippen molar-refractivity contribution in [3.8, 4) is 23.0 Å². The van der Waals surface area contributed by atoms with Crippen LogP contribution in [0.2, 0.25) is 0 Å². The Balaban J connectivity index is 2.07. The molecule has 0 aliphatic carbocycles. The van der Waals surface area contributed by atoms with Crippen LogP contribution in [0.1, 0.15) is 25.0 Å². The average Bonchev–Trinajstić information content (AvgIpc) is 2.65. The summed E-state index contributed by atoms with van der Waals surface area (Å²) in [5.41, 5.74) is 2.29. The van der Waals surface area contributed by atoms with E-state index in [1.54, 1.807) is 52.3 Å². The van der Waals surface area contributed by atoms with Gasteiger partial charge in [-0.1, -0.05) is 23.6 Å². The second-order valence-corrected chi connectivity index (χ2v) is 5.66. The molecule has 0 aliphatic heterocycles. The van der Waals surface area contributed by atoms with Crippen LogP contribution in [-0.4, -0.2) is 38.7 Å². The van der Waals surface area contributed by atoms with Crippen LogP contribution in [-0.2, 0) is 0 Å². The molecule has 138 valence electrons. The minimum absolute atomic E-state index is 0.0980. The van der Waals surface area contributed by atoms with Crippen molar-refractivity contribution in [2.24, 2.45) is 9.98 Å². The van der Waals surface area contributed by atoms with Gasteiger partial charge < -0.3 is 19.7 Å². The van der Waals surface area contributed by atoms with Gasteiger partial charge in [-0.05, 0) is 49.2 Å². The zero-order valence-corrected chi connectivity index (χ0v) is 15.4. The number of hydrogen-bond donors (Lipinski definition) is 0. The number of aliphatic imine (C=N–C) groups is 2. The Morgan fingerprint density at radius 2 is 1.15 bits per heavy atom. The minimum Gasteiger partial charge on any atom is -0.872 e. The van der Waals surface area contributed by atoms with Crippen LogP contribution in [0.15, 0.2) is 46.4 Å². The lowest BCUT2D eigenvalue weighted by Gasteiger charge is -2.15. The van der Waals surface area contributed by atoms with Crippen molar-refractivity contribution in [2.75, 3.05) is 27.3 Å². The van der Waals surface area contributed by atoms with E-state index >= 15 is 0 Å². The number of benzene rings is 2. The van der Waals surface area contributed by atoms with E-state index in [0.29, 0.717) is 47.1 Å². The maximum Gasteiger partial charge on any atom is 0.119 e. The Morgan fingerprint density at radius 1 is 0.769 bits per heavy atom. The summed E-state index contributed by atoms with van der Waals surface area (Å²) in [4.78, 5) is 8.81. The molecule has 0 saturated heterocycles. The van der Waals surface area contributed by atoms with Crippen LogP contribution in [0.4, 0.5) is 0 Å². The second-order valence-electron chi connectivity index (χ2n) is 5.66. The standard InChI is InChI=1S/C20H24N2O4/c1-13(17-11-15(25-3)5-7-19(17)23)21-9-10-22-14(2)18-12-16(26-4)6-8-20(18)24/h5-8,11-12,23-24H,9-10H2,1-4H3/p-2. The Hall–Kier alpha value is -3.02. The molecule has 0 spiro atoms. The van der Waals surface area contributed by atoms with E-state index < -0.39 is 0 Å². The van der Waals surface area contributed by atoms with E-state index in [-0.39, 0.29) is 11.5 Å². The molecule has 0 saturated carbocycles. The fourth-order valence-electron chi connectivity index (χ4n) is 2.44. The molecular weight excluding hydrogens is 332 g/mol. The van der Waals surface area contributed by atoms with Crippen molar-refractivity contribution in [3.63, 3.8) is 0 Å². The molecule has 0 radical (unpaired) electrons. The summed E-state index contributed by atoms with van der Waals surface area (Å²) in [7, 11) is 3.10. The molecule has 0 amide bonds. The molecule has 0 N–H and O–H groups in total. The van der Waals surface area contributed by atoms with Crippen LogP contribution in [0.3, 0.4) is 0 Å². The molecule has 2 rings (SSSR count). The van der Waals surface area contributed by atoms with Gasteiger partial charge in [0.25, 0.3) is 0 Å². The molecule has 0 unspecified atom stereocenters. The van der Waals surface area contributed by atoms with E-state index in [1.165, 1.54) is 12.1 Å². The topological polar surface area (TPSA) is 89.3 Å². The molecule has 0 heterocycles. The summed E-state index contributed by atoms with van der Waals surface area (Å²) < 4.78 is 10.3. The van der Waals surface area contributed by atoms with Gasteiger partial charge in [-0.25, -0.2) is 0 Å². The smallest absolute Gasteiger partial charge is 0.119 e. The highest BCUT2D eigenvalue weighted by Gasteiger charge is 2.03. The van der Waals surface area contributed by atoms with Gasteiger partial charge in [0, 0.05) is 11.4 Å². The van der Waals surface area contributed by atoms with Crippen LogP contribution in [0.25, 0.3) is 0 Å². The van der Waals surface area contributed by atoms with Crippen molar-refractivity contribution in [1.82, 2.24) is 0 Å². The summed E-state index contributed by atoms with van der Waals surface area (Å²) >= 11 is 0. The number of methoxy groups -OCH3 is 2. The van der Waals surface area contributed by atoms with Gasteiger partial charge in [0.2, 0.25) is 0 Å². The van der Waals surface area contributed by atoms with Crippen molar-refractivity contribution < 1.29 is 19.7 Å². The lowest BCUT2D eigenvalue weighted by atomic mass is 10.1. The predicted octanol–water partition coefficient (Wildman–Crippen LogP) is 2.17. The Labute approximate surface area is 153 Å². The summed E-state index contributed by atoms with van der Waals surface area (Å²) in [6.07, 6.45) is 0. The van der Waals surface area contributed by atoms with Gasteiger partial charge in [0.1, 0.15) is 11.5 Å². The first-order valence-electron chi connectivity index (χ1n) is 8.19. The van der Waals surface area contributed by atoms with Crippen LogP contribution >= 0.6 is 0 Å². The van der Waals surface area contributed by atoms with Crippen molar-refractivity contribution in [2.45, 2.75) is 13.8 Å². The Morgan fingerprint density at radius 3 is 1.50 bits per heavy atom. The molecule has 0 atom stereocenters. The molecule has 2 aromatic carbocycles. The first-order chi connectivity index (χ1) is 12.5. The molecule has 0 aliphatic rings. The van der Waals surface area contributed by atoms with E-state index in [4.69, 9.17) is 9.47 Å². The fourth-order valence-corrected chi connectivity index (χ4v) is 2.44. The highest BCUT2D eigenvalue weighted by atomic mass is 16.5. The number of hydrogen-bond acceptors (Lipinski definition) is 6. The van der Waals surface area contributed by atoms with Crippen LogP contribution in [0.5, 0.6) is 23.0 Å². The van der Waals surface area contributed by atoms with Gasteiger partial charge in [0.05, 0.1) is 27.3 Å². The predicted molar refractivity (Wildman–Crippen MR) is 99.0 cm³/mol. The highest BCUT2D eigenvalue weighted by molar-refractivity contribution is 6.02. The van der Waals surface area contributed by atoms with E-state index in [0.717, 1.165) is 0 Å². The SMILES string of the molecule is COc1ccc([O-])c(C(C)=NCCN=C(C)c2cc(OC)ccc2[O-])c1. The maximum atomic E-state index is 11.9. The van der Waals surface area contributed by atoms with Crippen LogP contribution < -0.4 is 19.7 Å². The molecule has 0 fully saturated rings. The van der Waals surface area contributed by atoms with Crippen LogP contribution in [0, 0.1) is 0 Å². The summed E-state index contributed by atoms with van der Waals surface area (Å²) in [6.45, 7) is 4.39. The summed E-state index contributed by atoms with van der Waals surface area (Å²) in [5, 5.41) is 23.9. The number of ether oxygens (including phenoxy) is 2. The maximum absolute atomic E-state index is 11.9. The zero-order valence-electron chi connectivity index (χ0n) is 15.4.